The van der Waals surface area contributed by atoms with Crippen molar-refractivity contribution in [2.45, 2.75) is 105 Å². The minimum Gasteiger partial charge on any atom is -0.255 e. The van der Waals surface area contributed by atoms with Crippen LogP contribution >= 0.6 is 0 Å². The highest BCUT2D eigenvalue weighted by molar-refractivity contribution is 5.75. The zero-order chi connectivity index (χ0) is 45.6. The van der Waals surface area contributed by atoms with Crippen LogP contribution < -0.4 is 0 Å². The van der Waals surface area contributed by atoms with E-state index in [1.54, 1.807) is 0 Å². The smallest absolute Gasteiger partial charge is 0.161 e. The molecule has 8 rings (SSSR count). The lowest BCUT2D eigenvalue weighted by Gasteiger charge is -2.19. The highest BCUT2D eigenvalue weighted by Gasteiger charge is 2.19. The van der Waals surface area contributed by atoms with E-state index in [1.165, 1.54) is 22.3 Å². The molecule has 3 aromatic heterocycles. The van der Waals surface area contributed by atoms with Crippen molar-refractivity contribution in [3.63, 3.8) is 0 Å². The molecule has 5 heteroatoms. The van der Waals surface area contributed by atoms with Crippen LogP contribution in [0, 0.1) is 0 Å². The fraction of sp³-hybridized carbons (Fsp3) is 0.271. The second-order valence-electron chi connectivity index (χ2n) is 21.2. The highest BCUT2D eigenvalue weighted by atomic mass is 14.9. The Hall–Kier alpha value is -6.59. The van der Waals surface area contributed by atoms with Crippen molar-refractivity contribution in [2.75, 3.05) is 0 Å². The molecule has 0 atom stereocenters. The molecule has 3 heterocycles. The summed E-state index contributed by atoms with van der Waals surface area (Å²) in [4.78, 5) is 25.5. The highest BCUT2D eigenvalue weighted by Crippen LogP contribution is 2.34. The van der Waals surface area contributed by atoms with Gasteiger partial charge in [0.25, 0.3) is 0 Å². The number of hydrogen-bond acceptors (Lipinski definition) is 5. The maximum atomic E-state index is 5.14. The first-order chi connectivity index (χ1) is 30.2. The first-order valence-electron chi connectivity index (χ1n) is 22.5. The van der Waals surface area contributed by atoms with E-state index >= 15 is 0 Å². The fourth-order valence-corrected chi connectivity index (χ4v) is 7.80. The Labute approximate surface area is 381 Å². The Kier molecular flexibility index (Phi) is 11.6. The molecular formula is C59H61N5. The Morgan fingerprint density at radius 2 is 0.484 bits per heavy atom. The third-order valence-corrected chi connectivity index (χ3v) is 12.1. The fourth-order valence-electron chi connectivity index (χ4n) is 7.80. The van der Waals surface area contributed by atoms with E-state index in [9.17, 15) is 0 Å². The predicted octanol–water partition coefficient (Wildman–Crippen LogP) is 15.5. The summed E-state index contributed by atoms with van der Waals surface area (Å²) >= 11 is 0. The van der Waals surface area contributed by atoms with Gasteiger partial charge in [-0.15, -0.1) is 0 Å². The van der Waals surface area contributed by atoms with Gasteiger partial charge in [-0.25, -0.2) is 19.9 Å². The SMILES string of the molecule is CC(C)(C)c1ccc(-c2cc(-c3ccc(C(C)(C)C)cc3)nc(-c3ccc(-c4ccc(-c5nc(-c6ccc(C(C)(C)C)cc6)cc(-c6ccc(C(C)(C)C)cc6)n5)cn4)cc3)n2)cc1. The molecule has 5 aromatic carbocycles. The van der Waals surface area contributed by atoms with Crippen LogP contribution in [0.25, 0.3) is 79.1 Å². The van der Waals surface area contributed by atoms with Gasteiger partial charge in [-0.05, 0) is 68.2 Å². The third-order valence-electron chi connectivity index (χ3n) is 12.1. The molecule has 0 unspecified atom stereocenters. The Balaban J connectivity index is 1.12. The van der Waals surface area contributed by atoms with Gasteiger partial charge in [0.05, 0.1) is 28.5 Å². The molecule has 0 saturated heterocycles. The lowest BCUT2D eigenvalue weighted by Crippen LogP contribution is -2.10. The zero-order valence-corrected chi connectivity index (χ0v) is 39.7. The second-order valence-corrected chi connectivity index (χ2v) is 21.2. The summed E-state index contributed by atoms with van der Waals surface area (Å²) in [5, 5.41) is 0. The molecule has 0 bridgehead atoms. The maximum Gasteiger partial charge on any atom is 0.161 e. The lowest BCUT2D eigenvalue weighted by atomic mass is 9.86. The van der Waals surface area contributed by atoms with Crippen LogP contribution in [0.4, 0.5) is 0 Å². The molecule has 0 aliphatic carbocycles. The van der Waals surface area contributed by atoms with Crippen molar-refractivity contribution < 1.29 is 0 Å². The van der Waals surface area contributed by atoms with Gasteiger partial charge in [0.2, 0.25) is 0 Å². The summed E-state index contributed by atoms with van der Waals surface area (Å²) in [7, 11) is 0. The molecule has 0 saturated carbocycles. The summed E-state index contributed by atoms with van der Waals surface area (Å²) in [5.41, 5.74) is 16.8. The number of aromatic nitrogens is 5. The van der Waals surface area contributed by atoms with Gasteiger partial charge in [-0.3, -0.25) is 4.98 Å². The van der Waals surface area contributed by atoms with Crippen molar-refractivity contribution in [3.05, 3.63) is 174 Å². The van der Waals surface area contributed by atoms with E-state index in [4.69, 9.17) is 24.9 Å². The van der Waals surface area contributed by atoms with E-state index in [0.717, 1.165) is 67.4 Å². The van der Waals surface area contributed by atoms with E-state index in [0.29, 0.717) is 11.6 Å². The first-order valence-corrected chi connectivity index (χ1v) is 22.5. The van der Waals surface area contributed by atoms with Gasteiger partial charge in [0, 0.05) is 45.1 Å². The Bertz CT molecular complexity index is 2530. The van der Waals surface area contributed by atoms with Gasteiger partial charge in [-0.1, -0.05) is 204 Å². The topological polar surface area (TPSA) is 64.5 Å². The lowest BCUT2D eigenvalue weighted by molar-refractivity contribution is 0.590. The number of benzene rings is 5. The van der Waals surface area contributed by atoms with Gasteiger partial charge in [-0.2, -0.15) is 0 Å². The molecular weight excluding hydrogens is 779 g/mol. The molecule has 64 heavy (non-hydrogen) atoms. The van der Waals surface area contributed by atoms with E-state index in [2.05, 4.69) is 223 Å². The molecule has 0 aliphatic rings. The summed E-state index contributed by atoms with van der Waals surface area (Å²) in [5.74, 6) is 1.31. The van der Waals surface area contributed by atoms with Gasteiger partial charge < -0.3 is 0 Å². The van der Waals surface area contributed by atoms with Gasteiger partial charge >= 0.3 is 0 Å². The summed E-state index contributed by atoms with van der Waals surface area (Å²) in [6.45, 7) is 26.8. The Morgan fingerprint density at radius 1 is 0.250 bits per heavy atom. The molecule has 0 N–H and O–H groups in total. The van der Waals surface area contributed by atoms with E-state index in [1.807, 2.05) is 12.3 Å². The summed E-state index contributed by atoms with van der Waals surface area (Å²) < 4.78 is 0. The predicted molar refractivity (Wildman–Crippen MR) is 268 cm³/mol. The molecule has 322 valence electrons. The molecule has 0 spiro atoms. The third kappa shape index (κ3) is 9.80. The van der Waals surface area contributed by atoms with Crippen molar-refractivity contribution in [1.82, 2.24) is 24.9 Å². The van der Waals surface area contributed by atoms with Crippen LogP contribution in [-0.2, 0) is 21.7 Å². The van der Waals surface area contributed by atoms with Crippen molar-refractivity contribution in [3.8, 4) is 79.1 Å². The minimum absolute atomic E-state index is 0.0597. The molecule has 0 fully saturated rings. The second kappa shape index (κ2) is 16.8. The first kappa shape index (κ1) is 44.0. The van der Waals surface area contributed by atoms with Crippen LogP contribution in [0.1, 0.15) is 105 Å². The Morgan fingerprint density at radius 3 is 0.750 bits per heavy atom. The van der Waals surface area contributed by atoms with Crippen LogP contribution in [-0.4, -0.2) is 24.9 Å². The standard InChI is InChI=1S/C59H61N5/c1-56(2,3)45-26-17-39(18-27-45)50-35-51(40-19-28-46(29-20-40)57(4,5)6)62-54(61-50)43-15-13-38(14-16-43)49-34-25-44(37-60-49)55-63-52(41-21-30-47(31-22-41)58(7,8)9)36-53(64-55)42-23-32-48(33-24-42)59(10,11)12/h13-37H,1-12H3. The van der Waals surface area contributed by atoms with Crippen molar-refractivity contribution in [2.24, 2.45) is 0 Å². The normalized spacial score (nSPS) is 12.4. The average Bonchev–Trinajstić information content (AvgIpc) is 3.28. The van der Waals surface area contributed by atoms with Crippen LogP contribution in [0.2, 0.25) is 0 Å². The van der Waals surface area contributed by atoms with Crippen LogP contribution in [0.5, 0.6) is 0 Å². The van der Waals surface area contributed by atoms with Crippen LogP contribution in [0.3, 0.4) is 0 Å². The number of nitrogens with zero attached hydrogens (tertiary/aromatic N) is 5. The largest absolute Gasteiger partial charge is 0.255 e. The molecule has 8 aromatic rings. The summed E-state index contributed by atoms with van der Waals surface area (Å²) in [6.07, 6.45) is 1.88. The quantitative estimate of drug-likeness (QED) is 0.160. The van der Waals surface area contributed by atoms with Crippen molar-refractivity contribution in [1.29, 1.82) is 0 Å². The van der Waals surface area contributed by atoms with Crippen molar-refractivity contribution >= 4 is 0 Å². The van der Waals surface area contributed by atoms with Crippen LogP contribution in [0.15, 0.2) is 152 Å². The number of hydrogen-bond donors (Lipinski definition) is 0. The molecule has 0 aliphatic heterocycles. The van der Waals surface area contributed by atoms with Gasteiger partial charge in [0.15, 0.2) is 11.6 Å². The minimum atomic E-state index is 0.0597. The average molecular weight is 840 g/mol. The monoisotopic (exact) mass is 839 g/mol. The number of rotatable bonds is 7. The van der Waals surface area contributed by atoms with E-state index in [-0.39, 0.29) is 21.7 Å². The zero-order valence-electron chi connectivity index (χ0n) is 39.7. The van der Waals surface area contributed by atoms with E-state index < -0.39 is 0 Å². The number of pyridine rings is 1. The molecule has 5 nitrogen and oxygen atoms in total. The summed E-state index contributed by atoms with van der Waals surface area (Å²) in [6, 6.07) is 51.7. The maximum absolute atomic E-state index is 5.14. The van der Waals surface area contributed by atoms with Gasteiger partial charge in [0.1, 0.15) is 0 Å². The molecule has 0 amide bonds. The molecule has 0 radical (unpaired) electrons.